The molecule has 2 N–H and O–H groups in total. The van der Waals surface area contributed by atoms with Gasteiger partial charge in [-0.2, -0.15) is 0 Å². The minimum atomic E-state index is -0.421. The first-order valence-corrected chi connectivity index (χ1v) is 8.51. The number of carbonyl (C=O) groups is 2. The van der Waals surface area contributed by atoms with Gasteiger partial charge in [0.1, 0.15) is 5.56 Å². The number of likely N-dealkylation sites (tertiary alicyclic amines) is 1. The Bertz CT molecular complexity index is 839. The summed E-state index contributed by atoms with van der Waals surface area (Å²) in [7, 11) is 1.35. The molecule has 1 aliphatic heterocycles. The van der Waals surface area contributed by atoms with Crippen molar-refractivity contribution in [1.82, 2.24) is 15.2 Å². The summed E-state index contributed by atoms with van der Waals surface area (Å²) in [5.74, 6) is -0.401. The van der Waals surface area contributed by atoms with E-state index in [1.54, 1.807) is 17.0 Å². The van der Waals surface area contributed by atoms with Gasteiger partial charge in [0.05, 0.1) is 7.11 Å². The van der Waals surface area contributed by atoms with Gasteiger partial charge >= 0.3 is 6.09 Å². The molecule has 1 fully saturated rings. The summed E-state index contributed by atoms with van der Waals surface area (Å²) in [6, 6.07) is 12.6. The molecule has 2 aromatic rings. The molecule has 2 amide bonds. The second-order valence-corrected chi connectivity index (χ2v) is 6.19. The number of ether oxygens (including phenoxy) is 1. The van der Waals surface area contributed by atoms with Gasteiger partial charge in [0.25, 0.3) is 11.5 Å². The van der Waals surface area contributed by atoms with Crippen molar-refractivity contribution < 1.29 is 14.3 Å². The van der Waals surface area contributed by atoms with Gasteiger partial charge in [-0.05, 0) is 30.5 Å². The first-order valence-electron chi connectivity index (χ1n) is 8.51. The third kappa shape index (κ3) is 3.93. The van der Waals surface area contributed by atoms with Crippen LogP contribution in [-0.2, 0) is 4.74 Å². The van der Waals surface area contributed by atoms with Crippen LogP contribution in [0.4, 0.5) is 4.79 Å². The number of pyridine rings is 1. The lowest BCUT2D eigenvalue weighted by Crippen LogP contribution is -2.47. The van der Waals surface area contributed by atoms with Crippen molar-refractivity contribution in [2.24, 2.45) is 0 Å². The van der Waals surface area contributed by atoms with Gasteiger partial charge in [0, 0.05) is 24.8 Å². The monoisotopic (exact) mass is 355 g/mol. The molecule has 0 atom stereocenters. The Labute approximate surface area is 151 Å². The van der Waals surface area contributed by atoms with Crippen LogP contribution in [0.5, 0.6) is 0 Å². The molecule has 0 bridgehead atoms. The molecule has 2 heterocycles. The molecule has 1 aromatic carbocycles. The largest absolute Gasteiger partial charge is 0.453 e. The van der Waals surface area contributed by atoms with Gasteiger partial charge in [-0.3, -0.25) is 9.59 Å². The molecule has 1 saturated heterocycles. The van der Waals surface area contributed by atoms with E-state index in [1.807, 2.05) is 30.3 Å². The van der Waals surface area contributed by atoms with E-state index in [-0.39, 0.29) is 17.7 Å². The molecule has 0 unspecified atom stereocenters. The molecule has 7 nitrogen and oxygen atoms in total. The van der Waals surface area contributed by atoms with E-state index in [9.17, 15) is 14.4 Å². The van der Waals surface area contributed by atoms with E-state index in [0.717, 1.165) is 5.56 Å². The fourth-order valence-electron chi connectivity index (χ4n) is 3.04. The first-order chi connectivity index (χ1) is 12.6. The van der Waals surface area contributed by atoms with Gasteiger partial charge in [0.15, 0.2) is 0 Å². The topological polar surface area (TPSA) is 91.5 Å². The van der Waals surface area contributed by atoms with E-state index < -0.39 is 11.5 Å². The molecule has 0 saturated carbocycles. The van der Waals surface area contributed by atoms with Crippen molar-refractivity contribution in [3.05, 3.63) is 58.4 Å². The molecule has 0 radical (unpaired) electrons. The SMILES string of the molecule is COC(=O)N1CCC(NC(=O)c2ccc(-c3ccccc3)[nH]c2=O)CC1. The van der Waals surface area contributed by atoms with Crippen LogP contribution >= 0.6 is 0 Å². The Kier molecular flexibility index (Phi) is 5.36. The van der Waals surface area contributed by atoms with Crippen LogP contribution in [0.1, 0.15) is 23.2 Å². The van der Waals surface area contributed by atoms with Crippen LogP contribution in [-0.4, -0.2) is 48.1 Å². The van der Waals surface area contributed by atoms with Crippen molar-refractivity contribution in [2.45, 2.75) is 18.9 Å². The molecule has 0 spiro atoms. The zero-order valence-electron chi connectivity index (χ0n) is 14.5. The Hall–Kier alpha value is -3.09. The van der Waals surface area contributed by atoms with Crippen LogP contribution in [0, 0.1) is 0 Å². The molecule has 136 valence electrons. The number of nitrogens with one attached hydrogen (secondary N) is 2. The van der Waals surface area contributed by atoms with E-state index in [0.29, 0.717) is 31.6 Å². The average molecular weight is 355 g/mol. The number of amides is 2. The van der Waals surface area contributed by atoms with Gasteiger partial charge in [-0.1, -0.05) is 30.3 Å². The lowest BCUT2D eigenvalue weighted by Gasteiger charge is -2.31. The highest BCUT2D eigenvalue weighted by Crippen LogP contribution is 2.15. The lowest BCUT2D eigenvalue weighted by molar-refractivity contribution is 0.0891. The first kappa shape index (κ1) is 17.7. The Balaban J connectivity index is 1.64. The maximum atomic E-state index is 12.4. The highest BCUT2D eigenvalue weighted by Gasteiger charge is 2.25. The van der Waals surface area contributed by atoms with Gasteiger partial charge in [0.2, 0.25) is 0 Å². The van der Waals surface area contributed by atoms with Crippen molar-refractivity contribution in [1.29, 1.82) is 0 Å². The molecule has 3 rings (SSSR count). The molecular weight excluding hydrogens is 334 g/mol. The number of methoxy groups -OCH3 is 1. The molecule has 1 aromatic heterocycles. The second kappa shape index (κ2) is 7.86. The number of nitrogens with zero attached hydrogens (tertiary/aromatic N) is 1. The maximum absolute atomic E-state index is 12.4. The zero-order chi connectivity index (χ0) is 18.5. The molecule has 1 aliphatic rings. The lowest BCUT2D eigenvalue weighted by atomic mass is 10.0. The molecular formula is C19H21N3O4. The minimum Gasteiger partial charge on any atom is -0.453 e. The van der Waals surface area contributed by atoms with E-state index >= 15 is 0 Å². The van der Waals surface area contributed by atoms with Gasteiger partial charge < -0.3 is 19.9 Å². The van der Waals surface area contributed by atoms with Crippen LogP contribution in [0.25, 0.3) is 11.3 Å². The summed E-state index contributed by atoms with van der Waals surface area (Å²) in [5.41, 5.74) is 1.21. The van der Waals surface area contributed by atoms with Crippen molar-refractivity contribution >= 4 is 12.0 Å². The summed E-state index contributed by atoms with van der Waals surface area (Å²) in [6.45, 7) is 1.03. The van der Waals surface area contributed by atoms with Crippen LogP contribution in [0.15, 0.2) is 47.3 Å². The molecule has 0 aliphatic carbocycles. The van der Waals surface area contributed by atoms with E-state index in [1.165, 1.54) is 7.11 Å². The Morgan fingerprint density at radius 1 is 1.12 bits per heavy atom. The van der Waals surface area contributed by atoms with Crippen molar-refractivity contribution in [3.8, 4) is 11.3 Å². The number of hydrogen-bond donors (Lipinski definition) is 2. The summed E-state index contributed by atoms with van der Waals surface area (Å²) < 4.78 is 4.69. The maximum Gasteiger partial charge on any atom is 0.409 e. The number of hydrogen-bond acceptors (Lipinski definition) is 4. The number of aromatic amines is 1. The minimum absolute atomic E-state index is 0.0726. The number of aromatic nitrogens is 1. The van der Waals surface area contributed by atoms with Crippen LogP contribution in [0.2, 0.25) is 0 Å². The number of rotatable bonds is 3. The highest BCUT2D eigenvalue weighted by molar-refractivity contribution is 5.94. The third-order valence-electron chi connectivity index (χ3n) is 4.50. The quantitative estimate of drug-likeness (QED) is 0.881. The van der Waals surface area contributed by atoms with Gasteiger partial charge in [-0.15, -0.1) is 0 Å². The fraction of sp³-hybridized carbons (Fsp3) is 0.316. The van der Waals surface area contributed by atoms with Crippen molar-refractivity contribution in [2.75, 3.05) is 20.2 Å². The third-order valence-corrected chi connectivity index (χ3v) is 4.50. The summed E-state index contributed by atoms with van der Waals surface area (Å²) in [6.07, 6.45) is 0.893. The van der Waals surface area contributed by atoms with Crippen LogP contribution in [0.3, 0.4) is 0 Å². The van der Waals surface area contributed by atoms with E-state index in [2.05, 4.69) is 10.3 Å². The number of piperidine rings is 1. The average Bonchev–Trinajstić information content (AvgIpc) is 2.68. The standard InChI is InChI=1S/C19H21N3O4/c1-26-19(25)22-11-9-14(10-12-22)20-17(23)15-7-8-16(21-18(15)24)13-5-3-2-4-6-13/h2-8,14H,9-12H2,1H3,(H,20,23)(H,21,24). The molecule has 26 heavy (non-hydrogen) atoms. The number of benzene rings is 1. The predicted molar refractivity (Wildman–Crippen MR) is 97.0 cm³/mol. The highest BCUT2D eigenvalue weighted by atomic mass is 16.5. The smallest absolute Gasteiger partial charge is 0.409 e. The Morgan fingerprint density at radius 3 is 2.42 bits per heavy atom. The second-order valence-electron chi connectivity index (χ2n) is 6.19. The summed E-state index contributed by atoms with van der Waals surface area (Å²) in [5, 5.41) is 2.87. The summed E-state index contributed by atoms with van der Waals surface area (Å²) in [4.78, 5) is 40.5. The fourth-order valence-corrected chi connectivity index (χ4v) is 3.04. The molecule has 7 heteroatoms. The summed E-state index contributed by atoms with van der Waals surface area (Å²) >= 11 is 0. The predicted octanol–water partition coefficient (Wildman–Crippen LogP) is 2.00. The Morgan fingerprint density at radius 2 is 1.81 bits per heavy atom. The number of H-pyrrole nitrogens is 1. The van der Waals surface area contributed by atoms with Crippen LogP contribution < -0.4 is 10.9 Å². The normalized spacial score (nSPS) is 14.7. The van der Waals surface area contributed by atoms with E-state index in [4.69, 9.17) is 4.74 Å². The van der Waals surface area contributed by atoms with Crippen molar-refractivity contribution in [3.63, 3.8) is 0 Å². The number of carbonyl (C=O) groups excluding carboxylic acids is 2. The zero-order valence-corrected chi connectivity index (χ0v) is 14.5. The van der Waals surface area contributed by atoms with Gasteiger partial charge in [-0.25, -0.2) is 4.79 Å².